The van der Waals surface area contributed by atoms with Crippen LogP contribution in [0, 0.1) is 12.8 Å². The molecular formula is C22H20Cl2N4O2. The van der Waals surface area contributed by atoms with Crippen molar-refractivity contribution >= 4 is 57.4 Å². The van der Waals surface area contributed by atoms with Gasteiger partial charge in [-0.05, 0) is 49.4 Å². The first-order valence-electron chi connectivity index (χ1n) is 9.62. The second-order valence-electron chi connectivity index (χ2n) is 7.35. The Balaban J connectivity index is 1.63. The summed E-state index contributed by atoms with van der Waals surface area (Å²) in [4.78, 5) is 29.6. The summed E-state index contributed by atoms with van der Waals surface area (Å²) in [5, 5.41) is 9.90. The monoisotopic (exact) mass is 442 g/mol. The lowest BCUT2D eigenvalue weighted by Crippen LogP contribution is -2.30. The van der Waals surface area contributed by atoms with Gasteiger partial charge in [-0.3, -0.25) is 9.78 Å². The van der Waals surface area contributed by atoms with Crippen LogP contribution in [-0.4, -0.2) is 23.5 Å². The van der Waals surface area contributed by atoms with E-state index in [0.717, 1.165) is 23.8 Å². The average Bonchev–Trinajstić information content (AvgIpc) is 3.53. The van der Waals surface area contributed by atoms with Gasteiger partial charge in [-0.2, -0.15) is 0 Å². The van der Waals surface area contributed by atoms with Gasteiger partial charge in [0, 0.05) is 18.1 Å². The molecule has 1 aliphatic carbocycles. The number of fused-ring (bicyclic) bond motifs is 1. The molecule has 0 bridgehead atoms. The summed E-state index contributed by atoms with van der Waals surface area (Å²) < 4.78 is 0. The number of rotatable bonds is 5. The fourth-order valence-corrected chi connectivity index (χ4v) is 3.77. The number of pyridine rings is 1. The maximum atomic E-state index is 12.8. The van der Waals surface area contributed by atoms with Gasteiger partial charge in [-0.25, -0.2) is 4.79 Å². The highest BCUT2D eigenvalue weighted by atomic mass is 35.5. The van der Waals surface area contributed by atoms with E-state index in [1.54, 1.807) is 36.5 Å². The van der Waals surface area contributed by atoms with Crippen molar-refractivity contribution in [1.29, 1.82) is 0 Å². The second kappa shape index (κ2) is 8.50. The largest absolute Gasteiger partial charge is 0.338 e. The van der Waals surface area contributed by atoms with Crippen LogP contribution in [0.1, 0.15) is 28.8 Å². The number of carbonyl (C=O) groups excluding carboxylic acids is 2. The summed E-state index contributed by atoms with van der Waals surface area (Å²) >= 11 is 12.3. The molecular weight excluding hydrogens is 423 g/mol. The third-order valence-corrected chi connectivity index (χ3v) is 5.64. The van der Waals surface area contributed by atoms with Crippen molar-refractivity contribution in [1.82, 2.24) is 10.3 Å². The highest BCUT2D eigenvalue weighted by Gasteiger charge is 2.22. The number of benzene rings is 2. The Hall–Kier alpha value is -2.83. The van der Waals surface area contributed by atoms with Crippen molar-refractivity contribution in [2.24, 2.45) is 5.92 Å². The first-order chi connectivity index (χ1) is 14.4. The molecule has 0 unspecified atom stereocenters. The topological polar surface area (TPSA) is 83.1 Å². The lowest BCUT2D eigenvalue weighted by Gasteiger charge is -2.15. The molecule has 6 nitrogen and oxygen atoms in total. The zero-order valence-electron chi connectivity index (χ0n) is 16.3. The molecule has 0 atom stereocenters. The predicted octanol–water partition coefficient (Wildman–Crippen LogP) is 5.63. The summed E-state index contributed by atoms with van der Waals surface area (Å²) in [5.41, 5.74) is 2.72. The minimum absolute atomic E-state index is 0.197. The van der Waals surface area contributed by atoms with E-state index in [1.165, 1.54) is 0 Å². The number of aromatic nitrogens is 1. The molecule has 30 heavy (non-hydrogen) atoms. The molecule has 3 amide bonds. The molecule has 154 valence electrons. The molecule has 1 saturated carbocycles. The quantitative estimate of drug-likeness (QED) is 0.478. The standard InChI is InChI=1S/C22H20Cl2N4O2/c1-12-10-25-20-14(19(12)28-22(30)26-11-13-8-9-13)4-2-7-17(20)27-21(29)18-15(23)5-3-6-16(18)24/h2-7,10,13H,8-9,11H2,1H3,(H,27,29)(H2,25,26,28,30). The van der Waals surface area contributed by atoms with E-state index in [2.05, 4.69) is 20.9 Å². The van der Waals surface area contributed by atoms with Gasteiger partial charge in [0.25, 0.3) is 5.91 Å². The summed E-state index contributed by atoms with van der Waals surface area (Å²) in [5.74, 6) is 0.154. The normalized spacial score (nSPS) is 13.2. The molecule has 1 heterocycles. The number of aryl methyl sites for hydroxylation is 1. The lowest BCUT2D eigenvalue weighted by molar-refractivity contribution is 0.102. The zero-order chi connectivity index (χ0) is 21.3. The summed E-state index contributed by atoms with van der Waals surface area (Å²) in [7, 11) is 0. The van der Waals surface area contributed by atoms with E-state index in [4.69, 9.17) is 23.2 Å². The lowest BCUT2D eigenvalue weighted by atomic mass is 10.1. The summed E-state index contributed by atoms with van der Waals surface area (Å²) in [6, 6.07) is 10.0. The van der Waals surface area contributed by atoms with Gasteiger partial charge < -0.3 is 16.0 Å². The third kappa shape index (κ3) is 4.35. The maximum Gasteiger partial charge on any atom is 0.319 e. The number of nitrogens with one attached hydrogen (secondary N) is 3. The van der Waals surface area contributed by atoms with Gasteiger partial charge in [0.1, 0.15) is 0 Å². The third-order valence-electron chi connectivity index (χ3n) is 5.01. The van der Waals surface area contributed by atoms with Crippen LogP contribution in [0.15, 0.2) is 42.6 Å². The fraction of sp³-hybridized carbons (Fsp3) is 0.227. The van der Waals surface area contributed by atoms with E-state index >= 15 is 0 Å². The number of hydrogen-bond acceptors (Lipinski definition) is 3. The van der Waals surface area contributed by atoms with Crippen LogP contribution in [0.25, 0.3) is 10.9 Å². The molecule has 8 heteroatoms. The van der Waals surface area contributed by atoms with Crippen molar-refractivity contribution in [3.63, 3.8) is 0 Å². The minimum atomic E-state index is -0.433. The first kappa shape index (κ1) is 20.4. The molecule has 0 radical (unpaired) electrons. The van der Waals surface area contributed by atoms with E-state index in [-0.39, 0.29) is 21.6 Å². The van der Waals surface area contributed by atoms with Crippen LogP contribution in [0.4, 0.5) is 16.2 Å². The van der Waals surface area contributed by atoms with Crippen LogP contribution < -0.4 is 16.0 Å². The van der Waals surface area contributed by atoms with Crippen molar-refractivity contribution in [2.75, 3.05) is 17.2 Å². The molecule has 3 N–H and O–H groups in total. The average molecular weight is 443 g/mol. The van der Waals surface area contributed by atoms with Gasteiger partial charge in [0.15, 0.2) is 0 Å². The Bertz CT molecular complexity index is 1130. The number of urea groups is 1. The minimum Gasteiger partial charge on any atom is -0.338 e. The predicted molar refractivity (Wildman–Crippen MR) is 121 cm³/mol. The number of carbonyl (C=O) groups is 2. The van der Waals surface area contributed by atoms with Crippen molar-refractivity contribution in [3.8, 4) is 0 Å². The zero-order valence-corrected chi connectivity index (χ0v) is 17.8. The van der Waals surface area contributed by atoms with Crippen LogP contribution in [0.3, 0.4) is 0 Å². The van der Waals surface area contributed by atoms with Gasteiger partial charge >= 0.3 is 6.03 Å². The van der Waals surface area contributed by atoms with E-state index in [9.17, 15) is 9.59 Å². The second-order valence-corrected chi connectivity index (χ2v) is 8.16. The van der Waals surface area contributed by atoms with Gasteiger partial charge in [-0.1, -0.05) is 41.4 Å². The van der Waals surface area contributed by atoms with Crippen molar-refractivity contribution < 1.29 is 9.59 Å². The Morgan fingerprint density at radius 2 is 1.77 bits per heavy atom. The van der Waals surface area contributed by atoms with Crippen molar-refractivity contribution in [3.05, 3.63) is 63.8 Å². The summed E-state index contributed by atoms with van der Waals surface area (Å²) in [6.07, 6.45) is 3.99. The number of halogens is 2. The van der Waals surface area contributed by atoms with Crippen LogP contribution >= 0.6 is 23.2 Å². The first-order valence-corrected chi connectivity index (χ1v) is 10.4. The van der Waals surface area contributed by atoms with E-state index in [0.29, 0.717) is 29.4 Å². The molecule has 2 aromatic carbocycles. The molecule has 1 fully saturated rings. The van der Waals surface area contributed by atoms with E-state index < -0.39 is 5.91 Å². The summed E-state index contributed by atoms with van der Waals surface area (Å²) in [6.45, 7) is 2.55. The number of hydrogen-bond donors (Lipinski definition) is 3. The number of nitrogens with zero attached hydrogens (tertiary/aromatic N) is 1. The van der Waals surface area contributed by atoms with Crippen LogP contribution in [0.2, 0.25) is 10.0 Å². The highest BCUT2D eigenvalue weighted by molar-refractivity contribution is 6.40. The molecule has 3 aromatic rings. The molecule has 4 rings (SSSR count). The van der Waals surface area contributed by atoms with Crippen LogP contribution in [0.5, 0.6) is 0 Å². The number of amides is 3. The SMILES string of the molecule is Cc1cnc2c(NC(=O)c3c(Cl)cccc3Cl)cccc2c1NC(=O)NCC1CC1. The molecule has 0 aliphatic heterocycles. The molecule has 0 saturated heterocycles. The molecule has 0 spiro atoms. The molecule has 1 aromatic heterocycles. The fourth-order valence-electron chi connectivity index (χ4n) is 3.21. The number of para-hydroxylation sites is 1. The van der Waals surface area contributed by atoms with Crippen molar-refractivity contribution in [2.45, 2.75) is 19.8 Å². The Kier molecular flexibility index (Phi) is 5.79. The smallest absolute Gasteiger partial charge is 0.319 e. The Morgan fingerprint density at radius 1 is 1.07 bits per heavy atom. The maximum absolute atomic E-state index is 12.8. The highest BCUT2D eigenvalue weighted by Crippen LogP contribution is 2.32. The van der Waals surface area contributed by atoms with Gasteiger partial charge in [0.2, 0.25) is 0 Å². The van der Waals surface area contributed by atoms with Gasteiger partial charge in [-0.15, -0.1) is 0 Å². The number of anilines is 2. The van der Waals surface area contributed by atoms with Crippen LogP contribution in [-0.2, 0) is 0 Å². The Morgan fingerprint density at radius 3 is 2.47 bits per heavy atom. The molecule has 1 aliphatic rings. The van der Waals surface area contributed by atoms with Gasteiger partial charge in [0.05, 0.1) is 32.5 Å². The van der Waals surface area contributed by atoms with E-state index in [1.807, 2.05) is 13.0 Å². The Labute approximate surface area is 184 Å².